The maximum Gasteiger partial charge on any atom is 0.162 e. The molecule has 4 rings (SSSR count). The first-order valence-electron chi connectivity index (χ1n) is 7.24. The summed E-state index contributed by atoms with van der Waals surface area (Å²) in [6.07, 6.45) is 6.98. The molecule has 0 saturated carbocycles. The van der Waals surface area contributed by atoms with Gasteiger partial charge in [0, 0.05) is 35.2 Å². The lowest BCUT2D eigenvalue weighted by Crippen LogP contribution is -1.99. The van der Waals surface area contributed by atoms with Crippen LogP contribution in [0.5, 0.6) is 0 Å². The van der Waals surface area contributed by atoms with Crippen molar-refractivity contribution in [3.05, 3.63) is 73.3 Å². The fourth-order valence-electron chi connectivity index (χ4n) is 2.36. The van der Waals surface area contributed by atoms with Crippen molar-refractivity contribution < 1.29 is 0 Å². The number of hydrogen-bond acceptors (Lipinski definition) is 5. The molecule has 0 aliphatic heterocycles. The van der Waals surface area contributed by atoms with Gasteiger partial charge in [0.05, 0.1) is 11.7 Å². The zero-order valence-corrected chi connectivity index (χ0v) is 12.2. The van der Waals surface area contributed by atoms with E-state index in [1.807, 2.05) is 48.5 Å². The molecule has 0 spiro atoms. The van der Waals surface area contributed by atoms with E-state index >= 15 is 0 Å². The van der Waals surface area contributed by atoms with E-state index in [-0.39, 0.29) is 0 Å². The topological polar surface area (TPSA) is 63.6 Å². The van der Waals surface area contributed by atoms with Crippen LogP contribution in [0.1, 0.15) is 0 Å². The maximum absolute atomic E-state index is 4.70. The summed E-state index contributed by atoms with van der Waals surface area (Å²) >= 11 is 0. The molecule has 0 aliphatic carbocycles. The molecule has 0 saturated heterocycles. The van der Waals surface area contributed by atoms with Crippen molar-refractivity contribution in [3.63, 3.8) is 0 Å². The van der Waals surface area contributed by atoms with E-state index in [0.29, 0.717) is 5.82 Å². The van der Waals surface area contributed by atoms with E-state index in [1.165, 1.54) is 0 Å². The second kappa shape index (κ2) is 5.81. The molecular formula is C18H13N5. The Hall–Kier alpha value is -3.34. The van der Waals surface area contributed by atoms with E-state index in [1.54, 1.807) is 24.8 Å². The molecule has 0 amide bonds. The SMILES string of the molecule is c1ccc(-c2nc(Nc3ccncc3)c3ccncc3n2)cc1. The molecule has 0 unspecified atom stereocenters. The molecule has 0 atom stereocenters. The Morgan fingerprint density at radius 1 is 0.739 bits per heavy atom. The van der Waals surface area contributed by atoms with Crippen LogP contribution < -0.4 is 5.32 Å². The van der Waals surface area contributed by atoms with Crippen LogP contribution in [0.3, 0.4) is 0 Å². The zero-order valence-electron chi connectivity index (χ0n) is 12.2. The Labute approximate surface area is 133 Å². The van der Waals surface area contributed by atoms with Gasteiger partial charge in [-0.3, -0.25) is 9.97 Å². The van der Waals surface area contributed by atoms with Gasteiger partial charge in [-0.1, -0.05) is 30.3 Å². The van der Waals surface area contributed by atoms with Crippen molar-refractivity contribution in [2.24, 2.45) is 0 Å². The fraction of sp³-hybridized carbons (Fsp3) is 0. The first-order chi connectivity index (χ1) is 11.4. The van der Waals surface area contributed by atoms with Gasteiger partial charge < -0.3 is 5.32 Å². The molecule has 0 bridgehead atoms. The number of aromatic nitrogens is 4. The molecule has 23 heavy (non-hydrogen) atoms. The summed E-state index contributed by atoms with van der Waals surface area (Å²) in [6, 6.07) is 15.6. The van der Waals surface area contributed by atoms with Gasteiger partial charge in [-0.2, -0.15) is 0 Å². The number of benzene rings is 1. The summed E-state index contributed by atoms with van der Waals surface area (Å²) in [5, 5.41) is 4.27. The highest BCUT2D eigenvalue weighted by atomic mass is 15.0. The smallest absolute Gasteiger partial charge is 0.162 e. The third-order valence-corrected chi connectivity index (χ3v) is 3.47. The van der Waals surface area contributed by atoms with Crippen molar-refractivity contribution in [3.8, 4) is 11.4 Å². The molecule has 4 aromatic rings. The van der Waals surface area contributed by atoms with Crippen LogP contribution in [0, 0.1) is 0 Å². The number of pyridine rings is 2. The normalized spacial score (nSPS) is 10.6. The molecule has 5 nitrogen and oxygen atoms in total. The highest BCUT2D eigenvalue weighted by Gasteiger charge is 2.09. The molecule has 3 heterocycles. The molecule has 1 aromatic carbocycles. The lowest BCUT2D eigenvalue weighted by molar-refractivity contribution is 1.20. The van der Waals surface area contributed by atoms with Gasteiger partial charge in [0.15, 0.2) is 5.82 Å². The summed E-state index contributed by atoms with van der Waals surface area (Å²) in [4.78, 5) is 17.5. The number of hydrogen-bond donors (Lipinski definition) is 1. The summed E-state index contributed by atoms with van der Waals surface area (Å²) in [7, 11) is 0. The molecule has 0 radical (unpaired) electrons. The van der Waals surface area contributed by atoms with Crippen LogP contribution in [-0.4, -0.2) is 19.9 Å². The van der Waals surface area contributed by atoms with Crippen molar-refractivity contribution in [1.29, 1.82) is 0 Å². The maximum atomic E-state index is 4.70. The minimum Gasteiger partial charge on any atom is -0.340 e. The van der Waals surface area contributed by atoms with E-state index in [4.69, 9.17) is 4.98 Å². The largest absolute Gasteiger partial charge is 0.340 e. The molecule has 5 heteroatoms. The number of nitrogens with one attached hydrogen (secondary N) is 1. The third kappa shape index (κ3) is 2.72. The van der Waals surface area contributed by atoms with Crippen molar-refractivity contribution in [2.75, 3.05) is 5.32 Å². The van der Waals surface area contributed by atoms with Crippen LogP contribution in [-0.2, 0) is 0 Å². The van der Waals surface area contributed by atoms with Crippen LogP contribution in [0.2, 0.25) is 0 Å². The summed E-state index contributed by atoms with van der Waals surface area (Å²) in [5.41, 5.74) is 2.70. The van der Waals surface area contributed by atoms with E-state index in [9.17, 15) is 0 Å². The van der Waals surface area contributed by atoms with E-state index in [0.717, 1.165) is 28.0 Å². The number of anilines is 2. The number of nitrogens with zero attached hydrogens (tertiary/aromatic N) is 4. The molecule has 1 N–H and O–H groups in total. The Bertz CT molecular complexity index is 939. The highest BCUT2D eigenvalue weighted by Crippen LogP contribution is 2.26. The van der Waals surface area contributed by atoms with Gasteiger partial charge in [-0.15, -0.1) is 0 Å². The van der Waals surface area contributed by atoms with Gasteiger partial charge in [0.25, 0.3) is 0 Å². The van der Waals surface area contributed by atoms with Crippen LogP contribution in [0.4, 0.5) is 11.5 Å². The fourth-order valence-corrected chi connectivity index (χ4v) is 2.36. The Balaban J connectivity index is 1.87. The minimum absolute atomic E-state index is 0.669. The van der Waals surface area contributed by atoms with Crippen LogP contribution in [0.25, 0.3) is 22.3 Å². The van der Waals surface area contributed by atoms with Crippen molar-refractivity contribution >= 4 is 22.4 Å². The first kappa shape index (κ1) is 13.3. The minimum atomic E-state index is 0.669. The van der Waals surface area contributed by atoms with Gasteiger partial charge in [0.1, 0.15) is 5.82 Å². The summed E-state index contributed by atoms with van der Waals surface area (Å²) in [5.74, 6) is 1.42. The van der Waals surface area contributed by atoms with Gasteiger partial charge in [-0.25, -0.2) is 9.97 Å². The van der Waals surface area contributed by atoms with Crippen LogP contribution in [0.15, 0.2) is 73.3 Å². The standard InChI is InChI=1S/C18H13N5/c1-2-4-13(5-3-1)17-22-16-12-20-11-8-15(16)18(23-17)21-14-6-9-19-10-7-14/h1-12H,(H,19,21,22,23). The molecule has 0 fully saturated rings. The monoisotopic (exact) mass is 299 g/mol. The number of rotatable bonds is 3. The molecule has 3 aromatic heterocycles. The molecule has 0 aliphatic rings. The Kier molecular flexibility index (Phi) is 3.37. The second-order valence-electron chi connectivity index (χ2n) is 5.02. The van der Waals surface area contributed by atoms with Gasteiger partial charge in [0.2, 0.25) is 0 Å². The van der Waals surface area contributed by atoms with Crippen molar-refractivity contribution in [2.45, 2.75) is 0 Å². The van der Waals surface area contributed by atoms with Gasteiger partial charge >= 0.3 is 0 Å². The lowest BCUT2D eigenvalue weighted by atomic mass is 10.2. The summed E-state index contributed by atoms with van der Waals surface area (Å²) in [6.45, 7) is 0. The van der Waals surface area contributed by atoms with Gasteiger partial charge in [-0.05, 0) is 18.2 Å². The second-order valence-corrected chi connectivity index (χ2v) is 5.02. The zero-order chi connectivity index (χ0) is 15.5. The Morgan fingerprint density at radius 2 is 1.52 bits per heavy atom. The number of fused-ring (bicyclic) bond motifs is 1. The average molecular weight is 299 g/mol. The average Bonchev–Trinajstić information content (AvgIpc) is 2.63. The predicted octanol–water partition coefficient (Wildman–Crippen LogP) is 3.83. The van der Waals surface area contributed by atoms with E-state index in [2.05, 4.69) is 20.3 Å². The third-order valence-electron chi connectivity index (χ3n) is 3.47. The lowest BCUT2D eigenvalue weighted by Gasteiger charge is -2.10. The molecule has 110 valence electrons. The predicted molar refractivity (Wildman–Crippen MR) is 90.3 cm³/mol. The van der Waals surface area contributed by atoms with E-state index < -0.39 is 0 Å². The first-order valence-corrected chi connectivity index (χ1v) is 7.24. The highest BCUT2D eigenvalue weighted by molar-refractivity contribution is 5.91. The Morgan fingerprint density at radius 3 is 2.35 bits per heavy atom. The summed E-state index contributed by atoms with van der Waals surface area (Å²) < 4.78 is 0. The van der Waals surface area contributed by atoms with Crippen molar-refractivity contribution in [1.82, 2.24) is 19.9 Å². The quantitative estimate of drug-likeness (QED) is 0.623. The van der Waals surface area contributed by atoms with Crippen LogP contribution >= 0.6 is 0 Å². The molecular weight excluding hydrogens is 286 g/mol.